The van der Waals surface area contributed by atoms with E-state index in [1.807, 2.05) is 0 Å². The molecule has 0 heterocycles. The Balaban J connectivity index is 2.75. The van der Waals surface area contributed by atoms with E-state index in [4.69, 9.17) is 0 Å². The van der Waals surface area contributed by atoms with E-state index in [9.17, 15) is 0 Å². The molecule has 0 aliphatic heterocycles. The van der Waals surface area contributed by atoms with E-state index in [0.29, 0.717) is 10.8 Å². The maximum absolute atomic E-state index is 2.58. The standard InChI is InChI=1S/C20H40/c1-10-15(4)20(9)16(5)11-18(20)12-17(14(2)3)13-19(6,7)8/h14-18H,10-13H2,1-9H3. The van der Waals surface area contributed by atoms with Gasteiger partial charge in [0.1, 0.15) is 0 Å². The monoisotopic (exact) mass is 280 g/mol. The van der Waals surface area contributed by atoms with Crippen LogP contribution in [0.4, 0.5) is 0 Å². The second-order valence-electron chi connectivity index (χ2n) is 9.51. The van der Waals surface area contributed by atoms with Gasteiger partial charge >= 0.3 is 0 Å². The van der Waals surface area contributed by atoms with Crippen molar-refractivity contribution in [1.82, 2.24) is 0 Å². The fourth-order valence-electron chi connectivity index (χ4n) is 4.60. The molecular formula is C20H40. The first-order valence-corrected chi connectivity index (χ1v) is 9.02. The lowest BCUT2D eigenvalue weighted by molar-refractivity contribution is -0.0899. The molecule has 0 nitrogen and oxygen atoms in total. The zero-order valence-electron chi connectivity index (χ0n) is 15.7. The number of hydrogen-bond donors (Lipinski definition) is 0. The summed E-state index contributed by atoms with van der Waals surface area (Å²) in [4.78, 5) is 0. The average Bonchev–Trinajstić information content (AvgIpc) is 2.33. The third-order valence-electron chi connectivity index (χ3n) is 6.66. The molecule has 1 saturated carbocycles. The summed E-state index contributed by atoms with van der Waals surface area (Å²) >= 11 is 0. The molecular weight excluding hydrogens is 240 g/mol. The predicted octanol–water partition coefficient (Wildman–Crippen LogP) is 6.79. The molecule has 1 aliphatic carbocycles. The molecule has 1 rings (SSSR count). The summed E-state index contributed by atoms with van der Waals surface area (Å²) in [7, 11) is 0. The lowest BCUT2D eigenvalue weighted by Crippen LogP contribution is -2.50. The van der Waals surface area contributed by atoms with Crippen molar-refractivity contribution in [3.63, 3.8) is 0 Å². The van der Waals surface area contributed by atoms with Crippen LogP contribution < -0.4 is 0 Å². The average molecular weight is 281 g/mol. The minimum atomic E-state index is 0.469. The molecule has 5 atom stereocenters. The van der Waals surface area contributed by atoms with Crippen molar-refractivity contribution in [2.24, 2.45) is 40.4 Å². The first kappa shape index (κ1) is 18.1. The Morgan fingerprint density at radius 1 is 1.15 bits per heavy atom. The lowest BCUT2D eigenvalue weighted by Gasteiger charge is -2.58. The second-order valence-corrected chi connectivity index (χ2v) is 9.51. The van der Waals surface area contributed by atoms with E-state index in [-0.39, 0.29) is 0 Å². The van der Waals surface area contributed by atoms with Gasteiger partial charge in [-0.3, -0.25) is 0 Å². The summed E-state index contributed by atoms with van der Waals surface area (Å²) in [6.07, 6.45) is 5.64. The van der Waals surface area contributed by atoms with Crippen molar-refractivity contribution in [2.45, 2.75) is 88.0 Å². The summed E-state index contributed by atoms with van der Waals surface area (Å²) in [5.41, 5.74) is 1.07. The van der Waals surface area contributed by atoms with Gasteiger partial charge in [-0.1, -0.05) is 68.7 Å². The van der Waals surface area contributed by atoms with Gasteiger partial charge in [-0.25, -0.2) is 0 Å². The van der Waals surface area contributed by atoms with Crippen LogP contribution in [-0.2, 0) is 0 Å². The predicted molar refractivity (Wildman–Crippen MR) is 91.9 cm³/mol. The van der Waals surface area contributed by atoms with Crippen molar-refractivity contribution in [3.05, 3.63) is 0 Å². The molecule has 0 aromatic rings. The van der Waals surface area contributed by atoms with Crippen LogP contribution in [0, 0.1) is 40.4 Å². The normalized spacial score (nSPS) is 33.9. The molecule has 0 amide bonds. The van der Waals surface area contributed by atoms with Gasteiger partial charge in [-0.2, -0.15) is 0 Å². The van der Waals surface area contributed by atoms with E-state index in [2.05, 4.69) is 62.3 Å². The highest BCUT2D eigenvalue weighted by Crippen LogP contribution is 2.59. The Morgan fingerprint density at radius 2 is 1.70 bits per heavy atom. The zero-order valence-corrected chi connectivity index (χ0v) is 15.7. The third-order valence-corrected chi connectivity index (χ3v) is 6.66. The quantitative estimate of drug-likeness (QED) is 0.502. The molecule has 1 aliphatic rings. The van der Waals surface area contributed by atoms with Crippen LogP contribution in [0.15, 0.2) is 0 Å². The smallest absolute Gasteiger partial charge is 0.0246 e. The Labute approximate surface area is 129 Å². The van der Waals surface area contributed by atoms with Crippen LogP contribution in [-0.4, -0.2) is 0 Å². The highest BCUT2D eigenvalue weighted by Gasteiger charge is 2.51. The van der Waals surface area contributed by atoms with Crippen LogP contribution in [0.2, 0.25) is 0 Å². The van der Waals surface area contributed by atoms with Gasteiger partial charge < -0.3 is 0 Å². The molecule has 0 radical (unpaired) electrons. The molecule has 1 fully saturated rings. The number of hydrogen-bond acceptors (Lipinski definition) is 0. The van der Waals surface area contributed by atoms with Gasteiger partial charge in [0.2, 0.25) is 0 Å². The molecule has 120 valence electrons. The van der Waals surface area contributed by atoms with E-state index < -0.39 is 0 Å². The summed E-state index contributed by atoms with van der Waals surface area (Å²) in [5, 5.41) is 0. The number of rotatable bonds is 6. The first-order chi connectivity index (χ1) is 9.02. The second kappa shape index (κ2) is 6.41. The van der Waals surface area contributed by atoms with Crippen LogP contribution in [0.25, 0.3) is 0 Å². The third kappa shape index (κ3) is 3.80. The summed E-state index contributed by atoms with van der Waals surface area (Å²) in [6.45, 7) is 22.0. The van der Waals surface area contributed by atoms with Crippen molar-refractivity contribution >= 4 is 0 Å². The molecule has 0 heteroatoms. The van der Waals surface area contributed by atoms with Crippen molar-refractivity contribution in [1.29, 1.82) is 0 Å². The molecule has 0 N–H and O–H groups in total. The van der Waals surface area contributed by atoms with E-state index >= 15 is 0 Å². The van der Waals surface area contributed by atoms with Gasteiger partial charge in [0.05, 0.1) is 0 Å². The molecule has 0 bridgehead atoms. The molecule has 0 aromatic carbocycles. The minimum Gasteiger partial charge on any atom is -0.0651 e. The highest BCUT2D eigenvalue weighted by molar-refractivity contribution is 5.00. The van der Waals surface area contributed by atoms with E-state index in [1.54, 1.807) is 0 Å². The van der Waals surface area contributed by atoms with Gasteiger partial charge in [0, 0.05) is 0 Å². The molecule has 0 saturated heterocycles. The summed E-state index contributed by atoms with van der Waals surface area (Å²) in [6, 6.07) is 0. The van der Waals surface area contributed by atoms with Crippen molar-refractivity contribution < 1.29 is 0 Å². The Hall–Kier alpha value is 0. The molecule has 0 spiro atoms. The first-order valence-electron chi connectivity index (χ1n) is 9.02. The maximum Gasteiger partial charge on any atom is -0.0246 e. The fraction of sp³-hybridized carbons (Fsp3) is 1.00. The van der Waals surface area contributed by atoms with Gasteiger partial charge in [-0.05, 0) is 59.7 Å². The molecule has 20 heavy (non-hydrogen) atoms. The molecule has 5 unspecified atom stereocenters. The van der Waals surface area contributed by atoms with Crippen molar-refractivity contribution in [2.75, 3.05) is 0 Å². The van der Waals surface area contributed by atoms with E-state index in [1.165, 1.54) is 25.7 Å². The largest absolute Gasteiger partial charge is 0.0651 e. The minimum absolute atomic E-state index is 0.469. The van der Waals surface area contributed by atoms with E-state index in [0.717, 1.165) is 29.6 Å². The zero-order chi connectivity index (χ0) is 15.7. The van der Waals surface area contributed by atoms with Gasteiger partial charge in [0.25, 0.3) is 0 Å². The Morgan fingerprint density at radius 3 is 2.05 bits per heavy atom. The van der Waals surface area contributed by atoms with Crippen LogP contribution in [0.3, 0.4) is 0 Å². The van der Waals surface area contributed by atoms with Gasteiger partial charge in [-0.15, -0.1) is 0 Å². The van der Waals surface area contributed by atoms with Crippen molar-refractivity contribution in [3.8, 4) is 0 Å². The SMILES string of the molecule is CCC(C)C1(C)C(C)CC1CC(CC(C)(C)C)C(C)C. The summed E-state index contributed by atoms with van der Waals surface area (Å²) in [5.74, 6) is 4.48. The highest BCUT2D eigenvalue weighted by atomic mass is 14.6. The van der Waals surface area contributed by atoms with Crippen LogP contribution >= 0.6 is 0 Å². The Bertz CT molecular complexity index is 296. The lowest BCUT2D eigenvalue weighted by atomic mass is 9.47. The molecule has 0 aromatic heterocycles. The maximum atomic E-state index is 2.58. The summed E-state index contributed by atoms with van der Waals surface area (Å²) < 4.78 is 0. The topological polar surface area (TPSA) is 0 Å². The Kier molecular flexibility index (Phi) is 5.78. The van der Waals surface area contributed by atoms with Crippen LogP contribution in [0.5, 0.6) is 0 Å². The van der Waals surface area contributed by atoms with Crippen LogP contribution in [0.1, 0.15) is 88.0 Å². The fourth-order valence-corrected chi connectivity index (χ4v) is 4.60. The van der Waals surface area contributed by atoms with Gasteiger partial charge in [0.15, 0.2) is 0 Å².